The number of hydrogen-bond donors (Lipinski definition) is 0. The minimum absolute atomic E-state index is 0.582. The molecule has 3 aromatic rings. The Kier molecular flexibility index (Phi) is 4.19. The van der Waals surface area contributed by atoms with Gasteiger partial charge in [-0.15, -0.1) is 0 Å². The minimum Gasteiger partial charge on any atom is -0.216 e. The second-order valence-electron chi connectivity index (χ2n) is 7.10. The van der Waals surface area contributed by atoms with Gasteiger partial charge in [0, 0.05) is 28.9 Å². The summed E-state index contributed by atoms with van der Waals surface area (Å²) in [5.74, 6) is 1.24. The molecule has 132 valence electrons. The van der Waals surface area contributed by atoms with Crippen molar-refractivity contribution in [3.8, 4) is 0 Å². The highest BCUT2D eigenvalue weighted by Gasteiger charge is 2.27. The number of aromatic nitrogens is 2. The van der Waals surface area contributed by atoms with Crippen molar-refractivity contribution in [1.29, 1.82) is 0 Å². The second-order valence-corrected chi connectivity index (χ2v) is 7.10. The monoisotopic (exact) mass is 344 g/mol. The maximum absolute atomic E-state index is 4.86. The average molecular weight is 344 g/mol. The third kappa shape index (κ3) is 2.96. The van der Waals surface area contributed by atoms with E-state index in [-0.39, 0.29) is 0 Å². The predicted octanol–water partition coefficient (Wildman–Crippen LogP) is 5.58. The summed E-state index contributed by atoms with van der Waals surface area (Å²) in [4.78, 5) is 9.57. The number of aryl methyl sites for hydroxylation is 3. The Morgan fingerprint density at radius 3 is 2.42 bits per heavy atom. The first kappa shape index (κ1) is 16.7. The molecule has 0 aliphatic heterocycles. The van der Waals surface area contributed by atoms with Crippen LogP contribution >= 0.6 is 0 Å². The van der Waals surface area contributed by atoms with Gasteiger partial charge in [-0.1, -0.05) is 30.3 Å². The van der Waals surface area contributed by atoms with E-state index in [1.807, 2.05) is 18.9 Å². The van der Waals surface area contributed by atoms with Crippen LogP contribution in [0.5, 0.6) is 0 Å². The van der Waals surface area contributed by atoms with Crippen LogP contribution in [0.15, 0.2) is 41.5 Å². The van der Waals surface area contributed by atoms with E-state index in [2.05, 4.69) is 55.3 Å². The van der Waals surface area contributed by atoms with Gasteiger partial charge in [0.1, 0.15) is 0 Å². The lowest BCUT2D eigenvalue weighted by Gasteiger charge is -2.23. The third-order valence-electron chi connectivity index (χ3n) is 4.90. The van der Waals surface area contributed by atoms with E-state index in [0.29, 0.717) is 11.9 Å². The highest BCUT2D eigenvalue weighted by Crippen LogP contribution is 2.41. The Bertz CT molecular complexity index is 1000. The molecular weight excluding hydrogens is 320 g/mol. The van der Waals surface area contributed by atoms with Crippen molar-refractivity contribution in [2.75, 3.05) is 5.01 Å². The fourth-order valence-electron chi connectivity index (χ4n) is 3.58. The van der Waals surface area contributed by atoms with Crippen molar-refractivity contribution < 1.29 is 0 Å². The van der Waals surface area contributed by atoms with Crippen LogP contribution in [0.2, 0.25) is 0 Å². The molecule has 0 N–H and O–H groups in total. The molecule has 0 amide bonds. The molecule has 4 rings (SSSR count). The normalized spacial score (nSPS) is 14.3. The van der Waals surface area contributed by atoms with E-state index in [4.69, 9.17) is 9.97 Å². The number of rotatable bonds is 4. The molecule has 1 fully saturated rings. The number of anilines is 2. The first-order valence-corrected chi connectivity index (χ1v) is 9.21. The number of fused-ring (bicyclic) bond motifs is 1. The molecule has 0 saturated heterocycles. The van der Waals surface area contributed by atoms with Crippen LogP contribution in [0.4, 0.5) is 11.6 Å². The van der Waals surface area contributed by atoms with Gasteiger partial charge in [0.15, 0.2) is 0 Å². The average Bonchev–Trinajstić information content (AvgIpc) is 3.45. The summed E-state index contributed by atoms with van der Waals surface area (Å²) in [5, 5.41) is 8.96. The fraction of sp³-hybridized carbons (Fsp3) is 0.318. The SMILES string of the molecule is CC=NN(c1nc(C)cc(C2CC2)n1)c1c(C)cc(C)c2ccccc12. The zero-order valence-electron chi connectivity index (χ0n) is 15.8. The van der Waals surface area contributed by atoms with Crippen LogP contribution in [0.3, 0.4) is 0 Å². The number of benzene rings is 2. The number of nitrogens with zero attached hydrogens (tertiary/aromatic N) is 4. The molecule has 4 heteroatoms. The van der Waals surface area contributed by atoms with Gasteiger partial charge in [-0.25, -0.2) is 9.97 Å². The van der Waals surface area contributed by atoms with Crippen molar-refractivity contribution in [1.82, 2.24) is 9.97 Å². The Morgan fingerprint density at radius 1 is 1.00 bits per heavy atom. The molecule has 0 spiro atoms. The van der Waals surface area contributed by atoms with Crippen LogP contribution in [0.25, 0.3) is 10.8 Å². The molecule has 1 aliphatic rings. The van der Waals surface area contributed by atoms with Gasteiger partial charge in [0.05, 0.1) is 5.69 Å². The lowest BCUT2D eigenvalue weighted by molar-refractivity contribution is 0.909. The largest absolute Gasteiger partial charge is 0.251 e. The van der Waals surface area contributed by atoms with Crippen LogP contribution < -0.4 is 5.01 Å². The summed E-state index contributed by atoms with van der Waals surface area (Å²) >= 11 is 0. The van der Waals surface area contributed by atoms with Gasteiger partial charge in [-0.3, -0.25) is 0 Å². The summed E-state index contributed by atoms with van der Waals surface area (Å²) < 4.78 is 0. The summed E-state index contributed by atoms with van der Waals surface area (Å²) in [6.07, 6.45) is 4.25. The predicted molar refractivity (Wildman–Crippen MR) is 108 cm³/mol. The van der Waals surface area contributed by atoms with Crippen LogP contribution in [-0.2, 0) is 0 Å². The lowest BCUT2D eigenvalue weighted by Crippen LogP contribution is -2.16. The van der Waals surface area contributed by atoms with Crippen molar-refractivity contribution in [2.45, 2.75) is 46.5 Å². The highest BCUT2D eigenvalue weighted by atomic mass is 15.5. The molecule has 0 radical (unpaired) electrons. The Labute approximate surface area is 154 Å². The standard InChI is InChI=1S/C22H24N4/c1-5-23-26(22-24-16(4)13-20(25-22)17-10-11-17)21-15(3)12-14(2)18-8-6-7-9-19(18)21/h5-9,12-13,17H,10-11H2,1-4H3. The number of hydrazone groups is 1. The molecule has 0 unspecified atom stereocenters. The molecular formula is C22H24N4. The Morgan fingerprint density at radius 2 is 1.73 bits per heavy atom. The van der Waals surface area contributed by atoms with E-state index in [1.54, 1.807) is 6.21 Å². The molecule has 2 aromatic carbocycles. The Balaban J connectivity index is 1.95. The van der Waals surface area contributed by atoms with Gasteiger partial charge in [-0.2, -0.15) is 10.1 Å². The smallest absolute Gasteiger partial charge is 0.216 e. The zero-order chi connectivity index (χ0) is 18.3. The topological polar surface area (TPSA) is 41.4 Å². The van der Waals surface area contributed by atoms with Gasteiger partial charge >= 0.3 is 0 Å². The molecule has 26 heavy (non-hydrogen) atoms. The Hall–Kier alpha value is -2.75. The molecule has 0 atom stereocenters. The zero-order valence-corrected chi connectivity index (χ0v) is 15.8. The van der Waals surface area contributed by atoms with E-state index in [0.717, 1.165) is 17.1 Å². The molecule has 1 aliphatic carbocycles. The van der Waals surface area contributed by atoms with Gasteiger partial charge in [-0.05, 0) is 63.1 Å². The van der Waals surface area contributed by atoms with Crippen molar-refractivity contribution in [2.24, 2.45) is 5.10 Å². The number of hydrogen-bond acceptors (Lipinski definition) is 4. The lowest BCUT2D eigenvalue weighted by atomic mass is 9.99. The molecule has 0 bridgehead atoms. The summed E-state index contributed by atoms with van der Waals surface area (Å²) in [7, 11) is 0. The highest BCUT2D eigenvalue weighted by molar-refractivity contribution is 5.99. The van der Waals surface area contributed by atoms with E-state index in [1.165, 1.54) is 34.7 Å². The second kappa shape index (κ2) is 6.52. The molecule has 1 heterocycles. The van der Waals surface area contributed by atoms with Crippen molar-refractivity contribution >= 4 is 28.6 Å². The minimum atomic E-state index is 0.582. The summed E-state index contributed by atoms with van der Waals surface area (Å²) in [6.45, 7) is 8.24. The van der Waals surface area contributed by atoms with Crippen LogP contribution in [0, 0.1) is 20.8 Å². The fourth-order valence-corrected chi connectivity index (χ4v) is 3.58. The van der Waals surface area contributed by atoms with Crippen LogP contribution in [0.1, 0.15) is 48.2 Å². The van der Waals surface area contributed by atoms with Gasteiger partial charge in [0.25, 0.3) is 5.95 Å². The van der Waals surface area contributed by atoms with Gasteiger partial charge < -0.3 is 0 Å². The van der Waals surface area contributed by atoms with E-state index >= 15 is 0 Å². The maximum atomic E-state index is 4.86. The maximum Gasteiger partial charge on any atom is 0.251 e. The molecule has 4 nitrogen and oxygen atoms in total. The van der Waals surface area contributed by atoms with Crippen molar-refractivity contribution in [3.63, 3.8) is 0 Å². The van der Waals surface area contributed by atoms with E-state index < -0.39 is 0 Å². The third-order valence-corrected chi connectivity index (χ3v) is 4.90. The van der Waals surface area contributed by atoms with Gasteiger partial charge in [0.2, 0.25) is 0 Å². The molecule has 1 aromatic heterocycles. The van der Waals surface area contributed by atoms with Crippen molar-refractivity contribution in [3.05, 3.63) is 58.9 Å². The molecule has 1 saturated carbocycles. The van der Waals surface area contributed by atoms with E-state index in [9.17, 15) is 0 Å². The van der Waals surface area contributed by atoms with Crippen LogP contribution in [-0.4, -0.2) is 16.2 Å². The summed E-state index contributed by atoms with van der Waals surface area (Å²) in [6, 6.07) is 12.8. The summed E-state index contributed by atoms with van der Waals surface area (Å²) in [5.41, 5.74) is 5.62. The first-order valence-electron chi connectivity index (χ1n) is 9.21. The first-order chi connectivity index (χ1) is 12.6. The quantitative estimate of drug-likeness (QED) is 0.458.